The van der Waals surface area contributed by atoms with E-state index in [1.54, 1.807) is 6.92 Å². The first-order valence-corrected chi connectivity index (χ1v) is 7.92. The molecule has 5 nitrogen and oxygen atoms in total. The van der Waals surface area contributed by atoms with E-state index in [-0.39, 0.29) is 5.91 Å². The van der Waals surface area contributed by atoms with E-state index in [9.17, 15) is 4.79 Å². The maximum absolute atomic E-state index is 11.5. The average Bonchev–Trinajstić information content (AvgIpc) is 3.32. The van der Waals surface area contributed by atoms with Crippen LogP contribution in [-0.4, -0.2) is 48.0 Å². The summed E-state index contributed by atoms with van der Waals surface area (Å²) in [4.78, 5) is 20.4. The summed E-state index contributed by atoms with van der Waals surface area (Å²) >= 11 is 0. The largest absolute Gasteiger partial charge is 0.355 e. The second-order valence-electron chi connectivity index (χ2n) is 5.99. The molecular weight excluding hydrogens is 264 g/mol. The molecule has 0 atom stereocenters. The molecule has 2 heterocycles. The molecular formula is C16H24N4O. The smallest absolute Gasteiger partial charge is 0.219 e. The first-order chi connectivity index (χ1) is 10.2. The summed E-state index contributed by atoms with van der Waals surface area (Å²) < 4.78 is 0. The molecule has 1 amide bonds. The highest BCUT2D eigenvalue weighted by molar-refractivity contribution is 5.73. The Morgan fingerprint density at radius 3 is 2.95 bits per heavy atom. The monoisotopic (exact) mass is 288 g/mol. The Balaban J connectivity index is 1.68. The van der Waals surface area contributed by atoms with Crippen molar-refractivity contribution >= 4 is 11.7 Å². The van der Waals surface area contributed by atoms with Crippen LogP contribution in [0.15, 0.2) is 18.3 Å². The fourth-order valence-electron chi connectivity index (χ4n) is 2.84. The fraction of sp³-hybridized carbons (Fsp3) is 0.625. The van der Waals surface area contributed by atoms with Crippen molar-refractivity contribution < 1.29 is 4.79 Å². The van der Waals surface area contributed by atoms with Crippen molar-refractivity contribution in [3.05, 3.63) is 23.9 Å². The molecule has 1 aromatic rings. The number of hydrogen-bond donors (Lipinski definition) is 1. The van der Waals surface area contributed by atoms with Gasteiger partial charge in [-0.3, -0.25) is 4.79 Å². The average molecular weight is 288 g/mol. The van der Waals surface area contributed by atoms with Crippen molar-refractivity contribution in [1.29, 1.82) is 0 Å². The predicted octanol–water partition coefficient (Wildman–Crippen LogP) is 1.39. The van der Waals surface area contributed by atoms with E-state index in [0.29, 0.717) is 6.04 Å². The number of nitrogens with one attached hydrogen (secondary N) is 1. The molecule has 0 unspecified atom stereocenters. The molecule has 1 saturated heterocycles. The van der Waals surface area contributed by atoms with Crippen LogP contribution in [0.3, 0.4) is 0 Å². The lowest BCUT2D eigenvalue weighted by atomic mass is 10.2. The van der Waals surface area contributed by atoms with Gasteiger partial charge in [-0.25, -0.2) is 4.98 Å². The Labute approximate surface area is 126 Å². The number of pyridine rings is 1. The number of nitrogens with zero attached hydrogens (tertiary/aromatic N) is 3. The highest BCUT2D eigenvalue weighted by Gasteiger charge is 2.22. The molecule has 2 fully saturated rings. The van der Waals surface area contributed by atoms with Gasteiger partial charge in [0.2, 0.25) is 5.91 Å². The van der Waals surface area contributed by atoms with Gasteiger partial charge in [-0.2, -0.15) is 0 Å². The Bertz CT molecular complexity index is 501. The Kier molecular flexibility index (Phi) is 4.39. The lowest BCUT2D eigenvalue weighted by Crippen LogP contribution is -2.34. The minimum atomic E-state index is 0.175. The number of hydrogen-bond acceptors (Lipinski definition) is 4. The number of carbonyl (C=O) groups excluding carboxylic acids is 1. The molecule has 0 spiro atoms. The zero-order valence-corrected chi connectivity index (χ0v) is 12.7. The Morgan fingerprint density at radius 1 is 1.33 bits per heavy atom. The first-order valence-electron chi connectivity index (χ1n) is 7.92. The SMILES string of the molecule is CC(=O)N1CCCN(c2ncccc2CNC2CC2)CC1. The van der Waals surface area contributed by atoms with Crippen LogP contribution in [0, 0.1) is 0 Å². The van der Waals surface area contributed by atoms with E-state index < -0.39 is 0 Å². The maximum atomic E-state index is 11.5. The quantitative estimate of drug-likeness (QED) is 0.909. The topological polar surface area (TPSA) is 48.5 Å². The van der Waals surface area contributed by atoms with Gasteiger partial charge in [0.25, 0.3) is 0 Å². The summed E-state index contributed by atoms with van der Waals surface area (Å²) in [6, 6.07) is 4.87. The highest BCUT2D eigenvalue weighted by atomic mass is 16.2. The van der Waals surface area contributed by atoms with E-state index in [0.717, 1.165) is 45.0 Å². The van der Waals surface area contributed by atoms with E-state index in [1.165, 1.54) is 18.4 Å². The molecule has 0 bridgehead atoms. The summed E-state index contributed by atoms with van der Waals surface area (Å²) in [6.07, 6.45) is 5.47. The molecule has 1 aliphatic heterocycles. The normalized spacial score (nSPS) is 19.5. The van der Waals surface area contributed by atoms with Gasteiger partial charge < -0.3 is 15.1 Å². The summed E-state index contributed by atoms with van der Waals surface area (Å²) in [5.74, 6) is 1.25. The van der Waals surface area contributed by atoms with Crippen LogP contribution >= 0.6 is 0 Å². The van der Waals surface area contributed by atoms with Crippen LogP contribution in [0.2, 0.25) is 0 Å². The minimum absolute atomic E-state index is 0.175. The molecule has 2 aliphatic rings. The molecule has 3 rings (SSSR count). The molecule has 21 heavy (non-hydrogen) atoms. The summed E-state index contributed by atoms with van der Waals surface area (Å²) in [6.45, 7) is 6.03. The van der Waals surface area contributed by atoms with E-state index in [2.05, 4.69) is 21.3 Å². The third-order valence-corrected chi connectivity index (χ3v) is 4.27. The zero-order valence-electron chi connectivity index (χ0n) is 12.7. The third kappa shape index (κ3) is 3.73. The highest BCUT2D eigenvalue weighted by Crippen LogP contribution is 2.22. The lowest BCUT2D eigenvalue weighted by Gasteiger charge is -2.24. The molecule has 0 radical (unpaired) electrons. The molecule has 5 heteroatoms. The number of aromatic nitrogens is 1. The molecule has 1 aromatic heterocycles. The molecule has 1 N–H and O–H groups in total. The second-order valence-corrected chi connectivity index (χ2v) is 5.99. The standard InChI is InChI=1S/C16H24N4O/c1-13(21)19-8-3-9-20(11-10-19)16-14(4-2-7-17-16)12-18-15-5-6-15/h2,4,7,15,18H,3,5-6,8-12H2,1H3. The van der Waals surface area contributed by atoms with Gasteiger partial charge in [0.05, 0.1) is 0 Å². The lowest BCUT2D eigenvalue weighted by molar-refractivity contribution is -0.128. The minimum Gasteiger partial charge on any atom is -0.355 e. The number of anilines is 1. The molecule has 1 saturated carbocycles. The van der Waals surface area contributed by atoms with E-state index in [4.69, 9.17) is 0 Å². The van der Waals surface area contributed by atoms with Crippen LogP contribution in [0.4, 0.5) is 5.82 Å². The van der Waals surface area contributed by atoms with Crippen LogP contribution in [0.5, 0.6) is 0 Å². The van der Waals surface area contributed by atoms with Gasteiger partial charge in [-0.1, -0.05) is 6.07 Å². The molecule has 114 valence electrons. The summed E-state index contributed by atoms with van der Waals surface area (Å²) in [5.41, 5.74) is 1.26. The van der Waals surface area contributed by atoms with Gasteiger partial charge in [0.15, 0.2) is 0 Å². The van der Waals surface area contributed by atoms with E-state index >= 15 is 0 Å². The Hall–Kier alpha value is -1.62. The van der Waals surface area contributed by atoms with Crippen LogP contribution < -0.4 is 10.2 Å². The first kappa shape index (κ1) is 14.3. The second kappa shape index (κ2) is 6.43. The van der Waals surface area contributed by atoms with Gasteiger partial charge in [0, 0.05) is 57.4 Å². The number of amides is 1. The molecule has 0 aromatic carbocycles. The van der Waals surface area contributed by atoms with Crippen molar-refractivity contribution in [2.24, 2.45) is 0 Å². The van der Waals surface area contributed by atoms with Crippen LogP contribution in [0.25, 0.3) is 0 Å². The third-order valence-electron chi connectivity index (χ3n) is 4.27. The maximum Gasteiger partial charge on any atom is 0.219 e. The summed E-state index contributed by atoms with van der Waals surface area (Å²) in [7, 11) is 0. The van der Waals surface area contributed by atoms with Gasteiger partial charge in [-0.05, 0) is 25.3 Å². The van der Waals surface area contributed by atoms with Crippen molar-refractivity contribution in [2.75, 3.05) is 31.1 Å². The van der Waals surface area contributed by atoms with Crippen LogP contribution in [0.1, 0.15) is 31.7 Å². The van der Waals surface area contributed by atoms with Crippen molar-refractivity contribution in [2.45, 2.75) is 38.8 Å². The van der Waals surface area contributed by atoms with Crippen molar-refractivity contribution in [3.8, 4) is 0 Å². The van der Waals surface area contributed by atoms with Gasteiger partial charge in [0.1, 0.15) is 5.82 Å². The molecule has 1 aliphatic carbocycles. The Morgan fingerprint density at radius 2 is 2.19 bits per heavy atom. The van der Waals surface area contributed by atoms with Crippen molar-refractivity contribution in [3.63, 3.8) is 0 Å². The predicted molar refractivity (Wildman–Crippen MR) is 83.2 cm³/mol. The van der Waals surface area contributed by atoms with Crippen molar-refractivity contribution in [1.82, 2.24) is 15.2 Å². The summed E-state index contributed by atoms with van der Waals surface area (Å²) in [5, 5.41) is 3.56. The fourth-order valence-corrected chi connectivity index (χ4v) is 2.84. The number of carbonyl (C=O) groups is 1. The van der Waals surface area contributed by atoms with Crippen LogP contribution in [-0.2, 0) is 11.3 Å². The van der Waals surface area contributed by atoms with Gasteiger partial charge >= 0.3 is 0 Å². The van der Waals surface area contributed by atoms with E-state index in [1.807, 2.05) is 17.2 Å². The van der Waals surface area contributed by atoms with Gasteiger partial charge in [-0.15, -0.1) is 0 Å². The number of rotatable bonds is 4. The zero-order chi connectivity index (χ0) is 14.7.